The second-order valence-corrected chi connectivity index (χ2v) is 6.20. The van der Waals surface area contributed by atoms with Crippen LogP contribution in [0.25, 0.3) is 11.1 Å². The zero-order valence-electron chi connectivity index (χ0n) is 9.07. The third-order valence-electron chi connectivity index (χ3n) is 1.79. The summed E-state index contributed by atoms with van der Waals surface area (Å²) in [7, 11) is 0. The van der Waals surface area contributed by atoms with E-state index in [9.17, 15) is 0 Å². The van der Waals surface area contributed by atoms with Crippen molar-refractivity contribution in [1.29, 1.82) is 0 Å². The average molecular weight is 222 g/mol. The van der Waals surface area contributed by atoms with E-state index in [0.717, 1.165) is 11.1 Å². The molecule has 2 rings (SSSR count). The van der Waals surface area contributed by atoms with Crippen molar-refractivity contribution in [3.63, 3.8) is 0 Å². The monoisotopic (exact) mass is 222 g/mol. The maximum atomic E-state index is 5.67. The first-order chi connectivity index (χ1) is 6.94. The Labute approximate surface area is 93.0 Å². The van der Waals surface area contributed by atoms with Gasteiger partial charge in [0, 0.05) is 10.4 Å². The highest BCUT2D eigenvalue weighted by Gasteiger charge is 2.16. The lowest BCUT2D eigenvalue weighted by Gasteiger charge is -2.13. The molecule has 15 heavy (non-hydrogen) atoms. The third kappa shape index (κ3) is 2.45. The maximum absolute atomic E-state index is 5.67. The number of oxazole rings is 1. The first-order valence-corrected chi connectivity index (χ1v) is 5.61. The number of nitrogen functional groups attached to an aromatic ring is 1. The smallest absolute Gasteiger partial charge is 0.257 e. The Hall–Kier alpha value is -1.16. The predicted octanol–water partition coefficient (Wildman–Crippen LogP) is 3.30. The van der Waals surface area contributed by atoms with Crippen LogP contribution < -0.4 is 5.73 Å². The van der Waals surface area contributed by atoms with E-state index in [4.69, 9.17) is 10.2 Å². The summed E-state index contributed by atoms with van der Waals surface area (Å²) in [5.41, 5.74) is 7.99. The molecule has 0 atom stereocenters. The first-order valence-electron chi connectivity index (χ1n) is 4.79. The van der Waals surface area contributed by atoms with E-state index >= 15 is 0 Å². The molecule has 0 unspecified atom stereocenters. The lowest BCUT2D eigenvalue weighted by Crippen LogP contribution is -2.06. The number of aromatic nitrogens is 1. The second kappa shape index (κ2) is 3.45. The summed E-state index contributed by atoms with van der Waals surface area (Å²) in [5, 5.41) is 0.697. The molecule has 0 saturated heterocycles. The van der Waals surface area contributed by atoms with E-state index < -0.39 is 0 Å². The molecule has 0 radical (unpaired) electrons. The van der Waals surface area contributed by atoms with E-state index in [0.29, 0.717) is 10.9 Å². The molecular formula is C11H14N2OS. The molecule has 0 amide bonds. The van der Waals surface area contributed by atoms with Crippen LogP contribution >= 0.6 is 11.8 Å². The van der Waals surface area contributed by atoms with Gasteiger partial charge in [-0.3, -0.25) is 0 Å². The zero-order chi connectivity index (χ0) is 11.1. The number of fused-ring (bicyclic) bond motifs is 1. The maximum Gasteiger partial charge on any atom is 0.257 e. The Balaban J connectivity index is 2.39. The van der Waals surface area contributed by atoms with Crippen molar-refractivity contribution >= 4 is 28.5 Å². The molecule has 0 aliphatic rings. The molecule has 0 spiro atoms. The van der Waals surface area contributed by atoms with Gasteiger partial charge in [0.25, 0.3) is 5.22 Å². The molecule has 1 aromatic heterocycles. The van der Waals surface area contributed by atoms with Gasteiger partial charge in [0.2, 0.25) is 0 Å². The van der Waals surface area contributed by atoms with Gasteiger partial charge in [0.15, 0.2) is 5.58 Å². The largest absolute Gasteiger partial charge is 0.431 e. The molecule has 0 bridgehead atoms. The summed E-state index contributed by atoms with van der Waals surface area (Å²) in [4.78, 5) is 4.38. The van der Waals surface area contributed by atoms with Crippen molar-refractivity contribution < 1.29 is 4.42 Å². The molecular weight excluding hydrogens is 208 g/mol. The molecule has 0 saturated carbocycles. The number of benzene rings is 1. The number of nitrogens with two attached hydrogens (primary N) is 1. The van der Waals surface area contributed by atoms with Crippen molar-refractivity contribution in [1.82, 2.24) is 4.98 Å². The van der Waals surface area contributed by atoms with Crippen LogP contribution in [-0.2, 0) is 0 Å². The Kier molecular flexibility index (Phi) is 2.38. The summed E-state index contributed by atoms with van der Waals surface area (Å²) in [6.07, 6.45) is 0. The summed E-state index contributed by atoms with van der Waals surface area (Å²) in [5.74, 6) is 0. The molecule has 3 nitrogen and oxygen atoms in total. The molecule has 1 aromatic carbocycles. The molecule has 2 aromatic rings. The summed E-state index contributed by atoms with van der Waals surface area (Å²) >= 11 is 1.61. The molecule has 0 aliphatic carbocycles. The number of nitrogens with zero attached hydrogens (tertiary/aromatic N) is 1. The summed E-state index contributed by atoms with van der Waals surface area (Å²) in [6.45, 7) is 6.38. The fourth-order valence-electron chi connectivity index (χ4n) is 1.23. The Morgan fingerprint density at radius 1 is 1.33 bits per heavy atom. The van der Waals surface area contributed by atoms with Gasteiger partial charge in [-0.05, 0) is 18.2 Å². The first kappa shape index (κ1) is 10.4. The van der Waals surface area contributed by atoms with Gasteiger partial charge in [0.05, 0.1) is 0 Å². The second-order valence-electron chi connectivity index (χ2n) is 4.42. The molecule has 4 heteroatoms. The van der Waals surface area contributed by atoms with Crippen LogP contribution in [-0.4, -0.2) is 9.73 Å². The van der Waals surface area contributed by atoms with E-state index in [-0.39, 0.29) is 4.75 Å². The highest BCUT2D eigenvalue weighted by Crippen LogP contribution is 2.33. The Bertz CT molecular complexity index is 485. The molecule has 2 N–H and O–H groups in total. The van der Waals surface area contributed by atoms with Crippen molar-refractivity contribution in [2.24, 2.45) is 0 Å². The van der Waals surface area contributed by atoms with Gasteiger partial charge in [-0.1, -0.05) is 32.5 Å². The lowest BCUT2D eigenvalue weighted by atomic mass is 10.3. The molecule has 0 aliphatic heterocycles. The van der Waals surface area contributed by atoms with Gasteiger partial charge in [-0.25, -0.2) is 4.98 Å². The minimum Gasteiger partial charge on any atom is -0.431 e. The van der Waals surface area contributed by atoms with Crippen molar-refractivity contribution in [3.8, 4) is 0 Å². The van der Waals surface area contributed by atoms with Crippen LogP contribution in [0.1, 0.15) is 20.8 Å². The minimum absolute atomic E-state index is 0.104. The lowest BCUT2D eigenvalue weighted by molar-refractivity contribution is 0.486. The van der Waals surface area contributed by atoms with Gasteiger partial charge in [-0.15, -0.1) is 0 Å². The molecule has 80 valence electrons. The number of anilines is 1. The normalized spacial score (nSPS) is 12.2. The van der Waals surface area contributed by atoms with E-state index in [1.807, 2.05) is 18.2 Å². The van der Waals surface area contributed by atoms with Crippen molar-refractivity contribution in [2.75, 3.05) is 5.73 Å². The van der Waals surface area contributed by atoms with Gasteiger partial charge in [-0.2, -0.15) is 0 Å². The fourth-order valence-corrected chi connectivity index (χ4v) is 2.03. The van der Waals surface area contributed by atoms with E-state index in [1.165, 1.54) is 0 Å². The van der Waals surface area contributed by atoms with Crippen LogP contribution in [0.15, 0.2) is 27.8 Å². The van der Waals surface area contributed by atoms with Crippen LogP contribution in [0, 0.1) is 0 Å². The van der Waals surface area contributed by atoms with Gasteiger partial charge in [0.1, 0.15) is 5.52 Å². The van der Waals surface area contributed by atoms with Crippen LogP contribution in [0.3, 0.4) is 0 Å². The minimum atomic E-state index is 0.104. The SMILES string of the molecule is CC(C)(C)Sc1nc2cc(N)ccc2o1. The Morgan fingerprint density at radius 3 is 2.73 bits per heavy atom. The highest BCUT2D eigenvalue weighted by molar-refractivity contribution is 8.00. The summed E-state index contributed by atoms with van der Waals surface area (Å²) in [6, 6.07) is 5.50. The van der Waals surface area contributed by atoms with Crippen LogP contribution in [0.2, 0.25) is 0 Å². The fraction of sp³-hybridized carbons (Fsp3) is 0.364. The van der Waals surface area contributed by atoms with Gasteiger partial charge < -0.3 is 10.2 Å². The standard InChI is InChI=1S/C11H14N2OS/c1-11(2,3)15-10-13-8-6-7(12)4-5-9(8)14-10/h4-6H,12H2,1-3H3. The summed E-state index contributed by atoms with van der Waals surface area (Å²) < 4.78 is 5.70. The third-order valence-corrected chi connectivity index (χ3v) is 2.75. The van der Waals surface area contributed by atoms with Crippen molar-refractivity contribution in [2.45, 2.75) is 30.7 Å². The quantitative estimate of drug-likeness (QED) is 0.594. The highest BCUT2D eigenvalue weighted by atomic mass is 32.2. The number of rotatable bonds is 1. The van der Waals surface area contributed by atoms with Gasteiger partial charge >= 0.3 is 0 Å². The average Bonchev–Trinajstić information content (AvgIpc) is 2.42. The zero-order valence-corrected chi connectivity index (χ0v) is 9.89. The number of hydrogen-bond donors (Lipinski definition) is 1. The van der Waals surface area contributed by atoms with Crippen LogP contribution in [0.4, 0.5) is 5.69 Å². The number of thioether (sulfide) groups is 1. The molecule has 0 fully saturated rings. The van der Waals surface area contributed by atoms with Crippen LogP contribution in [0.5, 0.6) is 0 Å². The predicted molar refractivity (Wildman–Crippen MR) is 64.0 cm³/mol. The Morgan fingerprint density at radius 2 is 2.07 bits per heavy atom. The topological polar surface area (TPSA) is 52.0 Å². The van der Waals surface area contributed by atoms with E-state index in [2.05, 4.69) is 25.8 Å². The van der Waals surface area contributed by atoms with Crippen molar-refractivity contribution in [3.05, 3.63) is 18.2 Å². The number of hydrogen-bond acceptors (Lipinski definition) is 4. The molecule has 1 heterocycles. The van der Waals surface area contributed by atoms with E-state index in [1.54, 1.807) is 11.8 Å².